The molecule has 0 radical (unpaired) electrons. The molecule has 0 nitrogen and oxygen atoms in total. The van der Waals surface area contributed by atoms with Gasteiger partial charge in [0, 0.05) is 5.75 Å². The molecule has 0 aliphatic rings. The van der Waals surface area contributed by atoms with Crippen molar-refractivity contribution in [1.29, 1.82) is 0 Å². The maximum Gasteiger partial charge on any atom is 0.441 e. The zero-order valence-electron chi connectivity index (χ0n) is 8.70. The van der Waals surface area contributed by atoms with Crippen LogP contribution in [0.5, 0.6) is 0 Å². The van der Waals surface area contributed by atoms with Gasteiger partial charge < -0.3 is 0 Å². The predicted molar refractivity (Wildman–Crippen MR) is 56.5 cm³/mol. The molecule has 0 aromatic heterocycles. The van der Waals surface area contributed by atoms with Gasteiger partial charge in [-0.3, -0.25) is 0 Å². The first-order chi connectivity index (χ1) is 6.56. The Morgan fingerprint density at radius 3 is 1.86 bits per heavy atom. The molecule has 14 heavy (non-hydrogen) atoms. The highest BCUT2D eigenvalue weighted by Gasteiger charge is 2.27. The van der Waals surface area contributed by atoms with Gasteiger partial charge in [-0.05, 0) is 6.42 Å². The standard InChI is InChI=1S/C10H19F3S/c1-2-3-4-5-6-7-8-9-14-10(11,12)13/h2-9H2,1H3. The van der Waals surface area contributed by atoms with Crippen LogP contribution in [0.3, 0.4) is 0 Å². The highest BCUT2D eigenvalue weighted by atomic mass is 32.2. The Hall–Kier alpha value is 0.140. The summed E-state index contributed by atoms with van der Waals surface area (Å²) in [4.78, 5) is 0. The van der Waals surface area contributed by atoms with Gasteiger partial charge in [0.05, 0.1) is 0 Å². The van der Waals surface area contributed by atoms with Crippen molar-refractivity contribution in [2.45, 2.75) is 57.4 Å². The first kappa shape index (κ1) is 14.1. The van der Waals surface area contributed by atoms with Crippen molar-refractivity contribution in [3.05, 3.63) is 0 Å². The number of alkyl halides is 3. The van der Waals surface area contributed by atoms with Crippen LogP contribution in [0, 0.1) is 0 Å². The van der Waals surface area contributed by atoms with Gasteiger partial charge in [-0.25, -0.2) is 0 Å². The van der Waals surface area contributed by atoms with Crippen molar-refractivity contribution >= 4 is 11.8 Å². The molecule has 0 fully saturated rings. The molecule has 0 aliphatic carbocycles. The summed E-state index contributed by atoms with van der Waals surface area (Å²) in [6, 6.07) is 0. The number of halogens is 3. The lowest BCUT2D eigenvalue weighted by molar-refractivity contribution is -0.0328. The molecule has 0 aliphatic heterocycles. The largest absolute Gasteiger partial charge is 0.441 e. The van der Waals surface area contributed by atoms with Gasteiger partial charge in [-0.1, -0.05) is 57.2 Å². The normalized spacial score (nSPS) is 12.0. The van der Waals surface area contributed by atoms with E-state index in [1.54, 1.807) is 0 Å². The maximum absolute atomic E-state index is 11.7. The Morgan fingerprint density at radius 2 is 1.36 bits per heavy atom. The van der Waals surface area contributed by atoms with Crippen molar-refractivity contribution in [2.24, 2.45) is 0 Å². The molecule has 0 N–H and O–H groups in total. The summed E-state index contributed by atoms with van der Waals surface area (Å²) in [7, 11) is 0. The summed E-state index contributed by atoms with van der Waals surface area (Å²) in [6.45, 7) is 2.15. The third-order valence-corrected chi connectivity index (χ3v) is 2.83. The van der Waals surface area contributed by atoms with Gasteiger partial charge in [-0.15, -0.1) is 0 Å². The van der Waals surface area contributed by atoms with Crippen LogP contribution in [0.4, 0.5) is 13.2 Å². The maximum atomic E-state index is 11.7. The lowest BCUT2D eigenvalue weighted by Crippen LogP contribution is -2.01. The molecule has 0 aromatic carbocycles. The topological polar surface area (TPSA) is 0 Å². The Morgan fingerprint density at radius 1 is 0.857 bits per heavy atom. The molecule has 0 bridgehead atoms. The smallest absolute Gasteiger partial charge is 0.160 e. The number of thioether (sulfide) groups is 1. The molecule has 86 valence electrons. The summed E-state index contributed by atoms with van der Waals surface area (Å²) in [5.41, 5.74) is -4.04. The Kier molecular flexibility index (Phi) is 8.53. The zero-order valence-corrected chi connectivity index (χ0v) is 9.52. The monoisotopic (exact) mass is 228 g/mol. The molecule has 0 saturated carbocycles. The van der Waals surface area contributed by atoms with Gasteiger partial charge in [0.2, 0.25) is 0 Å². The van der Waals surface area contributed by atoms with Crippen molar-refractivity contribution in [2.75, 3.05) is 5.75 Å². The highest BCUT2D eigenvalue weighted by molar-refractivity contribution is 8.00. The third-order valence-electron chi connectivity index (χ3n) is 2.01. The van der Waals surface area contributed by atoms with E-state index in [2.05, 4.69) is 6.92 Å². The van der Waals surface area contributed by atoms with Crippen molar-refractivity contribution in [3.8, 4) is 0 Å². The van der Waals surface area contributed by atoms with E-state index in [1.165, 1.54) is 25.7 Å². The summed E-state index contributed by atoms with van der Waals surface area (Å²) < 4.78 is 35.1. The molecule has 0 spiro atoms. The van der Waals surface area contributed by atoms with Crippen LogP contribution in [0.25, 0.3) is 0 Å². The van der Waals surface area contributed by atoms with E-state index in [0.29, 0.717) is 6.42 Å². The van der Waals surface area contributed by atoms with Crippen LogP contribution < -0.4 is 0 Å². The second-order valence-electron chi connectivity index (χ2n) is 3.42. The van der Waals surface area contributed by atoms with Crippen molar-refractivity contribution < 1.29 is 13.2 Å². The van der Waals surface area contributed by atoms with Gasteiger partial charge in [0.15, 0.2) is 0 Å². The van der Waals surface area contributed by atoms with Gasteiger partial charge >= 0.3 is 5.51 Å². The van der Waals surface area contributed by atoms with Crippen LogP contribution in [-0.2, 0) is 0 Å². The minimum atomic E-state index is -4.04. The summed E-state index contributed by atoms with van der Waals surface area (Å²) in [5.74, 6) is 0.220. The van der Waals surface area contributed by atoms with Crippen LogP contribution in [0.2, 0.25) is 0 Å². The van der Waals surface area contributed by atoms with E-state index in [4.69, 9.17) is 0 Å². The van der Waals surface area contributed by atoms with Crippen LogP contribution in [0.1, 0.15) is 51.9 Å². The molecular formula is C10H19F3S. The zero-order chi connectivity index (χ0) is 10.9. The summed E-state index contributed by atoms with van der Waals surface area (Å²) in [6.07, 6.45) is 7.57. The van der Waals surface area contributed by atoms with Gasteiger partial charge in [-0.2, -0.15) is 13.2 Å². The fourth-order valence-corrected chi connectivity index (χ4v) is 1.83. The van der Waals surface area contributed by atoms with E-state index < -0.39 is 5.51 Å². The van der Waals surface area contributed by atoms with Gasteiger partial charge in [0.1, 0.15) is 0 Å². The molecule has 0 amide bonds. The lowest BCUT2D eigenvalue weighted by Gasteiger charge is -2.04. The fourth-order valence-electron chi connectivity index (χ4n) is 1.25. The number of unbranched alkanes of at least 4 members (excludes halogenated alkanes) is 6. The van der Waals surface area contributed by atoms with E-state index in [1.807, 2.05) is 0 Å². The highest BCUT2D eigenvalue weighted by Crippen LogP contribution is 2.30. The van der Waals surface area contributed by atoms with E-state index in [-0.39, 0.29) is 17.5 Å². The molecule has 4 heteroatoms. The summed E-state index contributed by atoms with van der Waals surface area (Å²) in [5, 5.41) is 0. The van der Waals surface area contributed by atoms with Crippen molar-refractivity contribution in [3.63, 3.8) is 0 Å². The van der Waals surface area contributed by atoms with E-state index in [0.717, 1.165) is 12.8 Å². The second-order valence-corrected chi connectivity index (χ2v) is 4.58. The molecule has 0 rings (SSSR count). The molecule has 0 heterocycles. The first-order valence-electron chi connectivity index (χ1n) is 5.27. The van der Waals surface area contributed by atoms with E-state index in [9.17, 15) is 13.2 Å². The Bertz CT molecular complexity index is 123. The van der Waals surface area contributed by atoms with E-state index >= 15 is 0 Å². The minimum Gasteiger partial charge on any atom is -0.160 e. The number of hydrogen-bond acceptors (Lipinski definition) is 1. The molecule has 0 saturated heterocycles. The average Bonchev–Trinajstić information content (AvgIpc) is 2.08. The number of hydrogen-bond donors (Lipinski definition) is 0. The SMILES string of the molecule is CCCCCCCCCSC(F)(F)F. The Labute approximate surface area is 88.6 Å². The molecule has 0 aromatic rings. The van der Waals surface area contributed by atoms with Crippen LogP contribution in [-0.4, -0.2) is 11.3 Å². The fraction of sp³-hybridized carbons (Fsp3) is 1.00. The van der Waals surface area contributed by atoms with Crippen molar-refractivity contribution in [1.82, 2.24) is 0 Å². The molecule has 0 unspecified atom stereocenters. The summed E-state index contributed by atoms with van der Waals surface area (Å²) >= 11 is 0.102. The third kappa shape index (κ3) is 12.1. The molecular weight excluding hydrogens is 209 g/mol. The first-order valence-corrected chi connectivity index (χ1v) is 6.25. The predicted octanol–water partition coefficient (Wildman–Crippen LogP) is 4.99. The Balaban J connectivity index is 2.99. The number of rotatable bonds is 8. The van der Waals surface area contributed by atoms with Crippen LogP contribution >= 0.6 is 11.8 Å². The second kappa shape index (κ2) is 8.45. The van der Waals surface area contributed by atoms with Gasteiger partial charge in [0.25, 0.3) is 0 Å². The quantitative estimate of drug-likeness (QED) is 0.527. The average molecular weight is 228 g/mol. The lowest BCUT2D eigenvalue weighted by atomic mass is 10.1. The molecule has 0 atom stereocenters. The van der Waals surface area contributed by atoms with Crippen LogP contribution in [0.15, 0.2) is 0 Å². The minimum absolute atomic E-state index is 0.102.